The second-order valence-electron chi connectivity index (χ2n) is 3.61. The molecule has 0 unspecified atom stereocenters. The Kier molecular flexibility index (Phi) is 2.85. The van der Waals surface area contributed by atoms with Gasteiger partial charge in [-0.3, -0.25) is 0 Å². The molecule has 0 aliphatic heterocycles. The summed E-state index contributed by atoms with van der Waals surface area (Å²) in [4.78, 5) is 12.2. The Bertz CT molecular complexity index is 592. The number of aromatic nitrogens is 3. The van der Waals surface area contributed by atoms with E-state index in [2.05, 4.69) is 10.2 Å². The Morgan fingerprint density at radius 2 is 2.06 bits per heavy atom. The van der Waals surface area contributed by atoms with Crippen molar-refractivity contribution in [2.45, 2.75) is 13.8 Å². The van der Waals surface area contributed by atoms with E-state index in [1.807, 2.05) is 6.92 Å². The Hall–Kier alpha value is -1.88. The largest absolute Gasteiger partial charge is 0.476 e. The zero-order chi connectivity index (χ0) is 12.6. The molecule has 1 aromatic heterocycles. The zero-order valence-electron chi connectivity index (χ0n) is 9.31. The van der Waals surface area contributed by atoms with E-state index < -0.39 is 5.97 Å². The number of carbonyl (C=O) groups is 1. The van der Waals surface area contributed by atoms with Gasteiger partial charge in [-0.05, 0) is 31.5 Å². The lowest BCUT2D eigenvalue weighted by molar-refractivity contribution is 0.0689. The van der Waals surface area contributed by atoms with Gasteiger partial charge in [0.05, 0.1) is 11.4 Å². The fraction of sp³-hybridized carbons (Fsp3) is 0.182. The molecule has 5 nitrogen and oxygen atoms in total. The molecule has 0 aliphatic carbocycles. The molecule has 0 radical (unpaired) electrons. The van der Waals surface area contributed by atoms with Crippen LogP contribution in [-0.2, 0) is 0 Å². The van der Waals surface area contributed by atoms with Crippen LogP contribution < -0.4 is 0 Å². The molecule has 2 aromatic rings. The average Bonchev–Trinajstić information content (AvgIpc) is 2.64. The SMILES string of the molecule is Cc1nn(-c2cccc(Cl)c2C)nc1C(=O)O. The van der Waals surface area contributed by atoms with Gasteiger partial charge in [0, 0.05) is 5.02 Å². The van der Waals surface area contributed by atoms with E-state index in [0.717, 1.165) is 5.56 Å². The van der Waals surface area contributed by atoms with E-state index in [1.165, 1.54) is 4.80 Å². The monoisotopic (exact) mass is 251 g/mol. The molecule has 0 fully saturated rings. The van der Waals surface area contributed by atoms with Crippen LogP contribution in [0.4, 0.5) is 0 Å². The van der Waals surface area contributed by atoms with Gasteiger partial charge in [-0.25, -0.2) is 4.79 Å². The molecule has 0 atom stereocenters. The highest BCUT2D eigenvalue weighted by Gasteiger charge is 2.16. The maximum Gasteiger partial charge on any atom is 0.358 e. The predicted molar refractivity (Wildman–Crippen MR) is 62.8 cm³/mol. The summed E-state index contributed by atoms with van der Waals surface area (Å²) in [6.07, 6.45) is 0. The number of hydrogen-bond acceptors (Lipinski definition) is 3. The summed E-state index contributed by atoms with van der Waals surface area (Å²) in [5, 5.41) is 17.5. The van der Waals surface area contributed by atoms with Gasteiger partial charge < -0.3 is 5.11 Å². The number of carboxylic acids is 1. The van der Waals surface area contributed by atoms with E-state index >= 15 is 0 Å². The van der Waals surface area contributed by atoms with Crippen molar-refractivity contribution in [1.29, 1.82) is 0 Å². The van der Waals surface area contributed by atoms with Crippen molar-refractivity contribution in [3.05, 3.63) is 40.2 Å². The van der Waals surface area contributed by atoms with Crippen LogP contribution in [0.2, 0.25) is 5.02 Å². The smallest absolute Gasteiger partial charge is 0.358 e. The van der Waals surface area contributed by atoms with Crippen molar-refractivity contribution in [2.24, 2.45) is 0 Å². The van der Waals surface area contributed by atoms with E-state index in [0.29, 0.717) is 16.4 Å². The lowest BCUT2D eigenvalue weighted by atomic mass is 10.2. The standard InChI is InChI=1S/C11H10ClN3O2/c1-6-8(12)4-3-5-9(6)15-13-7(2)10(14-15)11(16)17/h3-5H,1-2H3,(H,16,17). The van der Waals surface area contributed by atoms with Gasteiger partial charge in [0.1, 0.15) is 0 Å². The molecule has 0 bridgehead atoms. The molecule has 0 saturated carbocycles. The van der Waals surface area contributed by atoms with Crippen molar-refractivity contribution in [3.8, 4) is 5.69 Å². The maximum atomic E-state index is 10.9. The molecule has 1 aromatic carbocycles. The van der Waals surface area contributed by atoms with Crippen molar-refractivity contribution in [3.63, 3.8) is 0 Å². The van der Waals surface area contributed by atoms with Gasteiger partial charge in [0.15, 0.2) is 5.69 Å². The Morgan fingerprint density at radius 1 is 1.35 bits per heavy atom. The first-order chi connectivity index (χ1) is 8.00. The summed E-state index contributed by atoms with van der Waals surface area (Å²) in [5.41, 5.74) is 1.80. The minimum atomic E-state index is -1.09. The molecule has 0 aliphatic rings. The lowest BCUT2D eigenvalue weighted by Gasteiger charge is -2.05. The molecule has 88 valence electrons. The molecular weight excluding hydrogens is 242 g/mol. The quantitative estimate of drug-likeness (QED) is 0.889. The number of aromatic carboxylic acids is 1. The summed E-state index contributed by atoms with van der Waals surface area (Å²) in [7, 11) is 0. The third kappa shape index (κ3) is 2.01. The van der Waals surface area contributed by atoms with Crippen LogP contribution in [0, 0.1) is 13.8 Å². The lowest BCUT2D eigenvalue weighted by Crippen LogP contribution is -2.04. The molecule has 6 heteroatoms. The summed E-state index contributed by atoms with van der Waals surface area (Å²) in [5.74, 6) is -1.09. The first-order valence-corrected chi connectivity index (χ1v) is 5.31. The first kappa shape index (κ1) is 11.6. The maximum absolute atomic E-state index is 10.9. The number of rotatable bonds is 2. The van der Waals surface area contributed by atoms with E-state index in [1.54, 1.807) is 25.1 Å². The highest BCUT2D eigenvalue weighted by molar-refractivity contribution is 6.31. The van der Waals surface area contributed by atoms with Crippen molar-refractivity contribution in [2.75, 3.05) is 0 Å². The highest BCUT2D eigenvalue weighted by Crippen LogP contribution is 2.21. The summed E-state index contributed by atoms with van der Waals surface area (Å²) in [6, 6.07) is 5.31. The number of aryl methyl sites for hydroxylation is 1. The molecule has 0 spiro atoms. The topological polar surface area (TPSA) is 68.0 Å². The molecule has 0 amide bonds. The highest BCUT2D eigenvalue weighted by atomic mass is 35.5. The minimum Gasteiger partial charge on any atom is -0.476 e. The molecule has 2 rings (SSSR count). The van der Waals surface area contributed by atoms with Crippen molar-refractivity contribution in [1.82, 2.24) is 15.0 Å². The van der Waals surface area contributed by atoms with Crippen molar-refractivity contribution >= 4 is 17.6 Å². The number of hydrogen-bond donors (Lipinski definition) is 1. The zero-order valence-corrected chi connectivity index (χ0v) is 10.1. The molecule has 1 heterocycles. The summed E-state index contributed by atoms with van der Waals surface area (Å²) < 4.78 is 0. The predicted octanol–water partition coefficient (Wildman–Crippen LogP) is 2.24. The van der Waals surface area contributed by atoms with Crippen LogP contribution in [0.5, 0.6) is 0 Å². The van der Waals surface area contributed by atoms with E-state index in [4.69, 9.17) is 16.7 Å². The average molecular weight is 252 g/mol. The Labute approximate surface area is 103 Å². The molecule has 0 saturated heterocycles. The fourth-order valence-corrected chi connectivity index (χ4v) is 1.67. The van der Waals surface area contributed by atoms with Crippen LogP contribution in [-0.4, -0.2) is 26.1 Å². The van der Waals surface area contributed by atoms with E-state index in [-0.39, 0.29) is 5.69 Å². The van der Waals surface area contributed by atoms with E-state index in [9.17, 15) is 4.79 Å². The second-order valence-corrected chi connectivity index (χ2v) is 4.02. The normalized spacial score (nSPS) is 10.5. The van der Waals surface area contributed by atoms with Crippen LogP contribution in [0.15, 0.2) is 18.2 Å². The third-order valence-corrected chi connectivity index (χ3v) is 2.85. The third-order valence-electron chi connectivity index (χ3n) is 2.44. The van der Waals surface area contributed by atoms with Crippen molar-refractivity contribution < 1.29 is 9.90 Å². The van der Waals surface area contributed by atoms with Gasteiger partial charge in [0.2, 0.25) is 0 Å². The second kappa shape index (κ2) is 4.18. The van der Waals surface area contributed by atoms with Crippen LogP contribution in [0.25, 0.3) is 5.69 Å². The van der Waals surface area contributed by atoms with Gasteiger partial charge in [-0.15, -0.1) is 5.10 Å². The van der Waals surface area contributed by atoms with Crippen LogP contribution in [0.3, 0.4) is 0 Å². The number of nitrogens with zero attached hydrogens (tertiary/aromatic N) is 3. The van der Waals surface area contributed by atoms with Gasteiger partial charge >= 0.3 is 5.97 Å². The summed E-state index contributed by atoms with van der Waals surface area (Å²) in [6.45, 7) is 3.43. The van der Waals surface area contributed by atoms with Crippen LogP contribution >= 0.6 is 11.6 Å². The first-order valence-electron chi connectivity index (χ1n) is 4.93. The number of benzene rings is 1. The molecule has 1 N–H and O–H groups in total. The summed E-state index contributed by atoms with van der Waals surface area (Å²) >= 11 is 5.99. The Balaban J connectivity index is 2.58. The number of carboxylic acid groups (broad SMARTS) is 1. The van der Waals surface area contributed by atoms with Gasteiger partial charge in [0.25, 0.3) is 0 Å². The molecule has 17 heavy (non-hydrogen) atoms. The van der Waals surface area contributed by atoms with Gasteiger partial charge in [-0.2, -0.15) is 9.90 Å². The number of halogens is 1. The Morgan fingerprint density at radius 3 is 2.65 bits per heavy atom. The van der Waals surface area contributed by atoms with Gasteiger partial charge in [-0.1, -0.05) is 17.7 Å². The fourth-order valence-electron chi connectivity index (χ4n) is 1.50. The molecular formula is C11H10ClN3O2. The minimum absolute atomic E-state index is 0.0515. The van der Waals surface area contributed by atoms with Crippen LogP contribution in [0.1, 0.15) is 21.7 Å².